The van der Waals surface area contributed by atoms with E-state index in [9.17, 15) is 14.8 Å². The van der Waals surface area contributed by atoms with Crippen molar-refractivity contribution in [2.45, 2.75) is 101 Å². The normalized spacial score (nSPS) is 12.8. The number of likely N-dealkylation sites (N-methyl/N-ethyl adjacent to an activating group) is 1. The second kappa shape index (κ2) is 28.4. The minimum absolute atomic E-state index is 0.0399. The van der Waals surface area contributed by atoms with Crippen LogP contribution in [0, 0.1) is 55.4 Å². The molecule has 15 heterocycles. The molecule has 88 heavy (non-hydrogen) atoms. The number of carbonyl (C=O) groups is 2. The standard InChI is InChI=1S/C10H12N2O.C9H12N2.2C9H10N2.C9H11N.2C8H8N2O.C8H8N2/c1-7-5-9-3-4-12(8(2)13)10(9)11-6-7;2*1-7-5-8-3-4-11(2)9(8)10-6-7;1-7-3-4-8-5-6-11(2)9(8)10-7;1-7-5-8-3-2-4-9(8)10-6-7;1-5-2-6-3-7(11)10-8(6)9-4-5;1-6-4-7-2-3-9-8(7)10(11)5-6;1-6-4-7-2-3-9-8(7)10-5-6/h5-6H,3-4H2,1-2H3;5-6H,3-4H2,1-2H3;2*3-6H,1-2H3;5-6H,2-4H2,1H3;2,4H,3H2,1H3,(H,9,10,11);2-5,11H,1H3;2-5H,1H3,(H,9,10). The fourth-order valence-corrected chi connectivity index (χ4v) is 10.7. The van der Waals surface area contributed by atoms with Crippen molar-refractivity contribution in [3.63, 3.8) is 0 Å². The van der Waals surface area contributed by atoms with E-state index in [1.807, 2.05) is 132 Å². The maximum atomic E-state index is 11.2. The highest BCUT2D eigenvalue weighted by Crippen LogP contribution is 2.27. The van der Waals surface area contributed by atoms with Crippen LogP contribution in [0.3, 0.4) is 0 Å². The molecule has 0 saturated heterocycles. The molecule has 0 unspecified atom stereocenters. The van der Waals surface area contributed by atoms with Crippen LogP contribution in [0.5, 0.6) is 0 Å². The number of aromatic amines is 1. The zero-order chi connectivity index (χ0) is 62.6. The van der Waals surface area contributed by atoms with Crippen LogP contribution in [0.25, 0.3) is 44.5 Å². The Hall–Kier alpha value is -10.1. The van der Waals surface area contributed by atoms with Gasteiger partial charge in [0.05, 0.1) is 6.42 Å². The summed E-state index contributed by atoms with van der Waals surface area (Å²) in [6, 6.07) is 27.0. The van der Waals surface area contributed by atoms with Gasteiger partial charge in [-0.3, -0.25) is 19.5 Å². The lowest BCUT2D eigenvalue weighted by Crippen LogP contribution is -2.26. The quantitative estimate of drug-likeness (QED) is 0.121. The molecule has 16 rings (SSSR count). The van der Waals surface area contributed by atoms with Crippen molar-refractivity contribution < 1.29 is 14.8 Å². The lowest BCUT2D eigenvalue weighted by Gasteiger charge is -2.12. The van der Waals surface area contributed by atoms with Gasteiger partial charge in [0, 0.05) is 148 Å². The number of nitrogens with zero attached hydrogens (tertiary/aromatic N) is 13. The summed E-state index contributed by atoms with van der Waals surface area (Å²) in [6.07, 6.45) is 26.8. The van der Waals surface area contributed by atoms with Crippen LogP contribution < -0.4 is 15.1 Å². The summed E-state index contributed by atoms with van der Waals surface area (Å²) in [5.74, 6) is 3.46. The van der Waals surface area contributed by atoms with Crippen LogP contribution in [-0.4, -0.2) is 95.9 Å². The predicted molar refractivity (Wildman–Crippen MR) is 351 cm³/mol. The summed E-state index contributed by atoms with van der Waals surface area (Å²) >= 11 is 0. The van der Waals surface area contributed by atoms with Crippen molar-refractivity contribution in [1.29, 1.82) is 0 Å². The molecule has 452 valence electrons. The number of nitrogens with one attached hydrogen (secondary N) is 2. The molecule has 2 amide bonds. The molecule has 0 saturated carbocycles. The number of hydrogen-bond donors (Lipinski definition) is 3. The van der Waals surface area contributed by atoms with Crippen molar-refractivity contribution in [3.05, 3.63) is 220 Å². The number of hydrogen-bond acceptors (Lipinski definition) is 12. The molecule has 0 radical (unpaired) electrons. The Morgan fingerprint density at radius 1 is 0.545 bits per heavy atom. The summed E-state index contributed by atoms with van der Waals surface area (Å²) in [4.78, 5) is 62.9. The van der Waals surface area contributed by atoms with Gasteiger partial charge in [0.25, 0.3) is 0 Å². The van der Waals surface area contributed by atoms with E-state index in [2.05, 4.69) is 131 Å². The smallest absolute Gasteiger partial charge is 0.230 e. The molecular weight excluding hydrogens is 1100 g/mol. The molecule has 0 aromatic carbocycles. The molecule has 18 nitrogen and oxygen atoms in total. The van der Waals surface area contributed by atoms with Gasteiger partial charge in [0.1, 0.15) is 34.4 Å². The summed E-state index contributed by atoms with van der Waals surface area (Å²) in [7, 11) is 6.10. The highest BCUT2D eigenvalue weighted by Gasteiger charge is 2.23. The molecule has 0 spiro atoms. The first-order valence-electron chi connectivity index (χ1n) is 29.6. The monoisotopic (exact) mass is 1180 g/mol. The third kappa shape index (κ3) is 16.0. The van der Waals surface area contributed by atoms with Gasteiger partial charge < -0.3 is 29.5 Å². The van der Waals surface area contributed by atoms with E-state index in [0.717, 1.165) is 98.6 Å². The number of pyridine rings is 8. The zero-order valence-corrected chi connectivity index (χ0v) is 52.6. The van der Waals surface area contributed by atoms with Crippen molar-refractivity contribution in [3.8, 4) is 11.4 Å². The summed E-state index contributed by atoms with van der Waals surface area (Å²) in [5.41, 5.74) is 19.7. The summed E-state index contributed by atoms with van der Waals surface area (Å²) in [5, 5.41) is 15.6. The van der Waals surface area contributed by atoms with Crippen LogP contribution in [-0.2, 0) is 55.8 Å². The molecule has 3 N–H and O–H groups in total. The second-order valence-corrected chi connectivity index (χ2v) is 23.0. The van der Waals surface area contributed by atoms with Crippen LogP contribution in [0.2, 0.25) is 0 Å². The highest BCUT2D eigenvalue weighted by atomic mass is 16.5. The Morgan fingerprint density at radius 3 is 1.89 bits per heavy atom. The average molecular weight is 1180 g/mol. The van der Waals surface area contributed by atoms with E-state index in [-0.39, 0.29) is 11.8 Å². The Kier molecular flexibility index (Phi) is 20.1. The Bertz CT molecular complexity index is 4340. The molecule has 10 aromatic heterocycles. The highest BCUT2D eigenvalue weighted by molar-refractivity contribution is 5.98. The number of fused-ring (bicyclic) bond motifs is 8. The molecule has 5 aliphatic heterocycles. The van der Waals surface area contributed by atoms with Crippen LogP contribution in [0.4, 0.5) is 17.5 Å². The van der Waals surface area contributed by atoms with Crippen molar-refractivity contribution in [2.75, 3.05) is 35.3 Å². The topological polar surface area (TPSA) is 207 Å². The van der Waals surface area contributed by atoms with Gasteiger partial charge in [-0.15, -0.1) is 0 Å². The lowest BCUT2D eigenvalue weighted by molar-refractivity contribution is -0.116. The number of aromatic nitrogens is 12. The SMILES string of the molecule is CC(=O)N1CCc2cc(C)cnc21.Cc1cc2ccnc-2n(O)c1.Cc1ccc2ccn(C)c2n1.Cc1cnc2[nH]ccc2c1.Cc1cnc2c(c1)CC(=O)N2.Cc1cnc2c(c1)CCC2.Cc1cnc2c(c1)CCN2C.Cc1cnc2c(ccn2C)c1. The molecule has 10 aromatic rings. The van der Waals surface area contributed by atoms with E-state index in [1.54, 1.807) is 36.6 Å². The Morgan fingerprint density at radius 2 is 1.15 bits per heavy atom. The van der Waals surface area contributed by atoms with Crippen molar-refractivity contribution in [1.82, 2.24) is 58.7 Å². The first-order chi connectivity index (χ1) is 42.2. The zero-order valence-electron chi connectivity index (χ0n) is 52.6. The summed E-state index contributed by atoms with van der Waals surface area (Å²) < 4.78 is 5.10. The average Bonchev–Trinajstić information content (AvgIpc) is 4.58. The van der Waals surface area contributed by atoms with E-state index in [0.29, 0.717) is 12.2 Å². The van der Waals surface area contributed by atoms with Gasteiger partial charge in [-0.1, -0.05) is 24.3 Å². The van der Waals surface area contributed by atoms with Crippen LogP contribution >= 0.6 is 0 Å². The third-order valence-electron chi connectivity index (χ3n) is 15.1. The number of rotatable bonds is 0. The lowest BCUT2D eigenvalue weighted by atomic mass is 10.2. The first-order valence-corrected chi connectivity index (χ1v) is 29.6. The van der Waals surface area contributed by atoms with Gasteiger partial charge in [-0.25, -0.2) is 34.9 Å². The number of anilines is 3. The molecule has 0 fully saturated rings. The fraction of sp³-hybridized carbons (Fsp3) is 0.286. The van der Waals surface area contributed by atoms with Crippen molar-refractivity contribution in [2.24, 2.45) is 14.1 Å². The first kappa shape index (κ1) is 62.4. The second-order valence-electron chi connectivity index (χ2n) is 23.0. The van der Waals surface area contributed by atoms with Crippen molar-refractivity contribution >= 4 is 62.4 Å². The summed E-state index contributed by atoms with van der Waals surface area (Å²) in [6.45, 7) is 19.7. The van der Waals surface area contributed by atoms with Gasteiger partial charge in [0.15, 0.2) is 5.82 Å². The molecule has 0 atom stereocenters. The maximum absolute atomic E-state index is 11.2. The van der Waals surface area contributed by atoms with Crippen LogP contribution in [0.15, 0.2) is 147 Å². The Balaban J connectivity index is 0.000000120. The van der Waals surface area contributed by atoms with Gasteiger partial charge in [-0.05, 0) is 198 Å². The van der Waals surface area contributed by atoms with E-state index in [4.69, 9.17) is 0 Å². The molecule has 18 heteroatoms. The minimum atomic E-state index is 0.0399. The fourth-order valence-electron chi connectivity index (χ4n) is 10.7. The number of carbonyl (C=O) groups excluding carboxylic acids is 2. The van der Waals surface area contributed by atoms with Crippen LogP contribution in [0.1, 0.15) is 85.9 Å². The third-order valence-corrected chi connectivity index (χ3v) is 15.1. The minimum Gasteiger partial charge on any atom is -0.427 e. The molecular formula is C70H79N15O3. The number of aryl methyl sites for hydroxylation is 12. The molecule has 1 aliphatic carbocycles. The number of H-pyrrole nitrogens is 1. The van der Waals surface area contributed by atoms with E-state index >= 15 is 0 Å². The number of amides is 2. The molecule has 6 aliphatic rings. The maximum Gasteiger partial charge on any atom is 0.230 e. The van der Waals surface area contributed by atoms with E-state index < -0.39 is 0 Å². The largest absolute Gasteiger partial charge is 0.427 e. The van der Waals surface area contributed by atoms with Gasteiger partial charge >= 0.3 is 0 Å². The molecule has 0 bridgehead atoms. The van der Waals surface area contributed by atoms with Gasteiger partial charge in [0.2, 0.25) is 11.8 Å². The van der Waals surface area contributed by atoms with E-state index in [1.165, 1.54) is 80.1 Å². The van der Waals surface area contributed by atoms with Gasteiger partial charge in [-0.2, -0.15) is 4.73 Å². The Labute approximate surface area is 514 Å². The predicted octanol–water partition coefficient (Wildman–Crippen LogP) is 12.6.